The minimum atomic E-state index is -0.328. The van der Waals surface area contributed by atoms with Crippen LogP contribution in [-0.2, 0) is 6.42 Å². The van der Waals surface area contributed by atoms with Gasteiger partial charge in [-0.15, -0.1) is 5.10 Å². The second-order valence-electron chi connectivity index (χ2n) is 9.23. The molecule has 5 heterocycles. The van der Waals surface area contributed by atoms with E-state index < -0.39 is 0 Å². The van der Waals surface area contributed by atoms with Crippen LogP contribution in [-0.4, -0.2) is 43.6 Å². The Hall–Kier alpha value is -5.12. The Bertz CT molecular complexity index is 1810. The summed E-state index contributed by atoms with van der Waals surface area (Å²) in [7, 11) is 3.24. The Balaban J connectivity index is 1.36. The van der Waals surface area contributed by atoms with Gasteiger partial charge < -0.3 is 18.6 Å². The van der Waals surface area contributed by atoms with Crippen LogP contribution in [0.3, 0.4) is 0 Å². The van der Waals surface area contributed by atoms with E-state index in [0.717, 1.165) is 33.8 Å². The van der Waals surface area contributed by atoms with Gasteiger partial charge in [-0.1, -0.05) is 24.3 Å². The first-order valence-electron chi connectivity index (χ1n) is 12.5. The van der Waals surface area contributed by atoms with Gasteiger partial charge in [-0.2, -0.15) is 5.10 Å². The van der Waals surface area contributed by atoms with Gasteiger partial charge in [0.25, 0.3) is 0 Å². The van der Waals surface area contributed by atoms with Gasteiger partial charge in [-0.3, -0.25) is 0 Å². The summed E-state index contributed by atoms with van der Waals surface area (Å²) in [6, 6.07) is 19.5. The molecule has 0 amide bonds. The van der Waals surface area contributed by atoms with Gasteiger partial charge in [-0.05, 0) is 48.9 Å². The lowest BCUT2D eigenvalue weighted by Gasteiger charge is -2.24. The summed E-state index contributed by atoms with van der Waals surface area (Å²) in [5.41, 5.74) is 5.04. The molecule has 0 radical (unpaired) electrons. The minimum absolute atomic E-state index is 0.328. The highest BCUT2D eigenvalue weighted by atomic mass is 16.5. The maximum absolute atomic E-state index is 6.44. The summed E-state index contributed by atoms with van der Waals surface area (Å²) >= 11 is 0. The molecule has 1 atom stereocenters. The van der Waals surface area contributed by atoms with E-state index >= 15 is 0 Å². The fourth-order valence-corrected chi connectivity index (χ4v) is 5.15. The van der Waals surface area contributed by atoms with E-state index in [1.54, 1.807) is 31.3 Å². The second-order valence-corrected chi connectivity index (χ2v) is 9.23. The first kappa shape index (κ1) is 23.0. The number of nitrogens with zero attached hydrogens (tertiary/aromatic N) is 6. The normalized spacial score (nSPS) is 14.1. The summed E-state index contributed by atoms with van der Waals surface area (Å²) in [5.74, 6) is 3.43. The minimum Gasteiger partial charge on any atom is -0.493 e. The van der Waals surface area contributed by atoms with Crippen LogP contribution >= 0.6 is 0 Å². The number of hydrogen-bond donors (Lipinski definition) is 0. The molecule has 10 nitrogen and oxygen atoms in total. The van der Waals surface area contributed by atoms with Crippen LogP contribution in [0.4, 0.5) is 0 Å². The number of rotatable bonds is 6. The average molecular weight is 521 g/mol. The van der Waals surface area contributed by atoms with E-state index in [9.17, 15) is 0 Å². The van der Waals surface area contributed by atoms with Crippen molar-refractivity contribution in [1.29, 1.82) is 0 Å². The van der Waals surface area contributed by atoms with Crippen LogP contribution in [0.25, 0.3) is 11.3 Å². The molecule has 194 valence electrons. The molecule has 1 aliphatic heterocycles. The lowest BCUT2D eigenvalue weighted by Crippen LogP contribution is -2.15. The third kappa shape index (κ3) is 3.71. The highest BCUT2D eigenvalue weighted by Crippen LogP contribution is 2.49. The number of aryl methyl sites for hydroxylation is 1. The van der Waals surface area contributed by atoms with Gasteiger partial charge >= 0.3 is 0 Å². The van der Waals surface area contributed by atoms with Crippen molar-refractivity contribution in [3.05, 3.63) is 107 Å². The lowest BCUT2D eigenvalue weighted by molar-refractivity contribution is 0.354. The number of aromatic nitrogens is 6. The Labute approximate surface area is 223 Å². The number of fused-ring (bicyclic) bond motifs is 4. The maximum Gasteiger partial charge on any atom is 0.230 e. The molecule has 0 aliphatic carbocycles. The summed E-state index contributed by atoms with van der Waals surface area (Å²) in [5, 5.41) is 9.56. The Morgan fingerprint density at radius 1 is 0.923 bits per heavy atom. The van der Waals surface area contributed by atoms with Crippen molar-refractivity contribution in [3.63, 3.8) is 0 Å². The fraction of sp³-hybridized carbons (Fsp3) is 0.172. The smallest absolute Gasteiger partial charge is 0.230 e. The molecule has 0 bridgehead atoms. The summed E-state index contributed by atoms with van der Waals surface area (Å²) in [4.78, 5) is 9.58. The van der Waals surface area contributed by atoms with Crippen LogP contribution in [0.2, 0.25) is 0 Å². The quantitative estimate of drug-likeness (QED) is 0.298. The number of para-hydroxylation sites is 1. The predicted octanol–water partition coefficient (Wildman–Crippen LogP) is 5.11. The number of methoxy groups -OCH3 is 2. The van der Waals surface area contributed by atoms with E-state index in [4.69, 9.17) is 33.8 Å². The number of benzene rings is 2. The van der Waals surface area contributed by atoms with E-state index in [1.807, 2.05) is 72.3 Å². The highest BCUT2D eigenvalue weighted by molar-refractivity contribution is 5.65. The molecule has 2 aromatic carbocycles. The topological polar surface area (TPSA) is 102 Å². The van der Waals surface area contributed by atoms with Crippen LogP contribution in [0.5, 0.6) is 23.3 Å². The summed E-state index contributed by atoms with van der Waals surface area (Å²) in [6.45, 7) is 1.97. The monoisotopic (exact) mass is 520 g/mol. The van der Waals surface area contributed by atoms with Crippen molar-refractivity contribution in [2.24, 2.45) is 0 Å². The predicted molar refractivity (Wildman–Crippen MR) is 141 cm³/mol. The molecule has 0 fully saturated rings. The van der Waals surface area contributed by atoms with E-state index in [0.29, 0.717) is 41.2 Å². The standard InChI is InChI=1S/C29H24N6O4/c1-17-24-25(21-10-7-13-38-21)26-27-31-23(15-18-11-12-20(36-2)22(14-18)37-3)33-34(27)16-30-28(26)39-29(24)35(32-17)19-8-5-4-6-9-19/h4-14,16,25H,15H2,1-3H3/t25-/m1/s1. The molecular weight excluding hydrogens is 496 g/mol. The zero-order chi connectivity index (χ0) is 26.5. The SMILES string of the molecule is COc1ccc(Cc2nc3c4c(ncn3n2)Oc2c(c(C)nn2-c2ccccc2)[C@H]4c2ccco2)cc1OC. The zero-order valence-electron chi connectivity index (χ0n) is 21.5. The Kier molecular flexibility index (Phi) is 5.32. The van der Waals surface area contributed by atoms with Crippen molar-refractivity contribution in [2.75, 3.05) is 14.2 Å². The summed E-state index contributed by atoms with van der Waals surface area (Å²) < 4.78 is 26.7. The molecule has 6 aromatic rings. The van der Waals surface area contributed by atoms with Crippen molar-refractivity contribution in [3.8, 4) is 28.9 Å². The maximum atomic E-state index is 6.44. The number of ether oxygens (including phenoxy) is 3. The van der Waals surface area contributed by atoms with Crippen LogP contribution < -0.4 is 14.2 Å². The third-order valence-corrected chi connectivity index (χ3v) is 6.90. The third-order valence-electron chi connectivity index (χ3n) is 6.90. The van der Waals surface area contributed by atoms with Gasteiger partial charge in [0, 0.05) is 6.42 Å². The Morgan fingerprint density at radius 3 is 2.54 bits per heavy atom. The Morgan fingerprint density at radius 2 is 1.77 bits per heavy atom. The molecule has 0 N–H and O–H groups in total. The number of furan rings is 1. The van der Waals surface area contributed by atoms with Crippen molar-refractivity contribution in [2.45, 2.75) is 19.3 Å². The zero-order valence-corrected chi connectivity index (χ0v) is 21.5. The molecule has 0 saturated carbocycles. The van der Waals surface area contributed by atoms with Gasteiger partial charge in [0.1, 0.15) is 12.1 Å². The van der Waals surface area contributed by atoms with E-state index in [-0.39, 0.29) is 5.92 Å². The van der Waals surface area contributed by atoms with Gasteiger partial charge in [0.2, 0.25) is 11.8 Å². The molecule has 0 unspecified atom stereocenters. The summed E-state index contributed by atoms with van der Waals surface area (Å²) in [6.07, 6.45) is 3.79. The van der Waals surface area contributed by atoms with Crippen molar-refractivity contribution >= 4 is 5.65 Å². The molecule has 0 saturated heterocycles. The average Bonchev–Trinajstić information content (AvgIpc) is 3.71. The molecule has 39 heavy (non-hydrogen) atoms. The van der Waals surface area contributed by atoms with Gasteiger partial charge in [-0.25, -0.2) is 19.2 Å². The lowest BCUT2D eigenvalue weighted by atomic mass is 9.88. The van der Waals surface area contributed by atoms with Gasteiger partial charge in [0.05, 0.1) is 48.9 Å². The van der Waals surface area contributed by atoms with E-state index in [1.165, 1.54) is 0 Å². The van der Waals surface area contributed by atoms with Crippen molar-refractivity contribution < 1.29 is 18.6 Å². The van der Waals surface area contributed by atoms with Crippen molar-refractivity contribution in [1.82, 2.24) is 29.4 Å². The van der Waals surface area contributed by atoms with Crippen LogP contribution in [0, 0.1) is 6.92 Å². The van der Waals surface area contributed by atoms with E-state index in [2.05, 4.69) is 4.98 Å². The fourth-order valence-electron chi connectivity index (χ4n) is 5.15. The number of hydrogen-bond acceptors (Lipinski definition) is 8. The largest absolute Gasteiger partial charge is 0.493 e. The molecule has 1 aliphatic rings. The molecule has 10 heteroatoms. The first-order valence-corrected chi connectivity index (χ1v) is 12.5. The van der Waals surface area contributed by atoms with Gasteiger partial charge in [0.15, 0.2) is 23.0 Å². The van der Waals surface area contributed by atoms with Crippen LogP contribution in [0.15, 0.2) is 77.7 Å². The molecular formula is C29H24N6O4. The first-order chi connectivity index (χ1) is 19.1. The van der Waals surface area contributed by atoms with Crippen LogP contribution in [0.1, 0.15) is 39.9 Å². The second kappa shape index (κ2) is 9.02. The molecule has 7 rings (SSSR count). The highest BCUT2D eigenvalue weighted by Gasteiger charge is 2.39. The molecule has 4 aromatic heterocycles. The molecule has 0 spiro atoms.